The Morgan fingerprint density at radius 2 is 1.73 bits per heavy atom. The molecule has 2 unspecified atom stereocenters. The molecule has 0 bridgehead atoms. The van der Waals surface area contributed by atoms with Gasteiger partial charge in [-0.05, 0) is 66.6 Å². The molecule has 6 nitrogen and oxygen atoms in total. The van der Waals surface area contributed by atoms with Gasteiger partial charge in [-0.15, -0.1) is 13.2 Å². The minimum absolute atomic E-state index is 0.0422. The smallest absolute Gasteiger partial charge is 0.220 e. The van der Waals surface area contributed by atoms with Crippen LogP contribution >= 0.6 is 0 Å². The number of aliphatic hydroxyl groups is 1. The largest absolute Gasteiger partial charge is 0.457 e. The van der Waals surface area contributed by atoms with Gasteiger partial charge in [-0.2, -0.15) is 0 Å². The summed E-state index contributed by atoms with van der Waals surface area (Å²) >= 11 is 0. The molecule has 0 spiro atoms. The van der Waals surface area contributed by atoms with E-state index in [2.05, 4.69) is 29.9 Å². The second-order valence-corrected chi connectivity index (χ2v) is 10.1. The number of para-hydroxylation sites is 1. The van der Waals surface area contributed by atoms with Crippen LogP contribution in [-0.2, 0) is 16.0 Å². The summed E-state index contributed by atoms with van der Waals surface area (Å²) in [5.41, 5.74) is 3.25. The molecule has 0 saturated heterocycles. The van der Waals surface area contributed by atoms with E-state index in [1.54, 1.807) is 6.08 Å². The van der Waals surface area contributed by atoms with Crippen molar-refractivity contribution < 1.29 is 19.4 Å². The van der Waals surface area contributed by atoms with Gasteiger partial charge in [0.15, 0.2) is 0 Å². The summed E-state index contributed by atoms with van der Waals surface area (Å²) in [4.78, 5) is 12.7. The van der Waals surface area contributed by atoms with Crippen LogP contribution in [-0.4, -0.2) is 36.3 Å². The third kappa shape index (κ3) is 8.39. The fraction of sp³-hybridized carbons (Fsp3) is 0.324. The summed E-state index contributed by atoms with van der Waals surface area (Å²) in [7, 11) is 0. The number of amides is 1. The first-order chi connectivity index (χ1) is 19.6. The van der Waals surface area contributed by atoms with E-state index in [4.69, 9.17) is 9.47 Å². The molecule has 0 saturated carbocycles. The van der Waals surface area contributed by atoms with Crippen molar-refractivity contribution in [2.24, 2.45) is 0 Å². The van der Waals surface area contributed by atoms with Crippen LogP contribution in [0.4, 0.5) is 0 Å². The predicted molar refractivity (Wildman–Crippen MR) is 159 cm³/mol. The third-order valence-electron chi connectivity index (χ3n) is 7.12. The lowest BCUT2D eigenvalue weighted by molar-refractivity contribution is -0.122. The molecule has 4 atom stereocenters. The highest BCUT2D eigenvalue weighted by Crippen LogP contribution is 2.43. The summed E-state index contributed by atoms with van der Waals surface area (Å²) in [6, 6.07) is 25.2. The van der Waals surface area contributed by atoms with Crippen LogP contribution in [0.25, 0.3) is 0 Å². The first-order valence-corrected chi connectivity index (χ1v) is 14.0. The van der Waals surface area contributed by atoms with Crippen LogP contribution in [0, 0.1) is 0 Å². The predicted octanol–water partition coefficient (Wildman–Crippen LogP) is 6.20. The number of nitrogens with one attached hydrogen (secondary N) is 2. The molecular weight excluding hydrogens is 500 g/mol. The molecule has 3 aromatic carbocycles. The maximum absolute atomic E-state index is 12.7. The van der Waals surface area contributed by atoms with Gasteiger partial charge in [0.2, 0.25) is 5.91 Å². The molecule has 0 fully saturated rings. The van der Waals surface area contributed by atoms with Crippen molar-refractivity contribution in [3.8, 4) is 11.5 Å². The number of fused-ring (bicyclic) bond motifs is 1. The van der Waals surface area contributed by atoms with E-state index in [9.17, 15) is 9.90 Å². The second-order valence-electron chi connectivity index (χ2n) is 10.1. The van der Waals surface area contributed by atoms with Crippen molar-refractivity contribution in [1.82, 2.24) is 10.6 Å². The van der Waals surface area contributed by atoms with E-state index in [-0.39, 0.29) is 18.1 Å². The lowest BCUT2D eigenvalue weighted by atomic mass is 10.00. The zero-order valence-electron chi connectivity index (χ0n) is 23.0. The van der Waals surface area contributed by atoms with Gasteiger partial charge in [-0.1, -0.05) is 66.7 Å². The molecule has 40 heavy (non-hydrogen) atoms. The number of hydrogen-bond donors (Lipinski definition) is 3. The van der Waals surface area contributed by atoms with E-state index in [0.717, 1.165) is 47.5 Å². The average molecular weight is 541 g/mol. The minimum Gasteiger partial charge on any atom is -0.457 e. The molecule has 6 heteroatoms. The van der Waals surface area contributed by atoms with Gasteiger partial charge < -0.3 is 25.2 Å². The number of allylic oxidation sites excluding steroid dienone is 1. The number of unbranched alkanes of at least 4 members (excludes halogenated alkanes) is 1. The van der Waals surface area contributed by atoms with Crippen molar-refractivity contribution in [3.63, 3.8) is 0 Å². The fourth-order valence-corrected chi connectivity index (χ4v) is 5.08. The van der Waals surface area contributed by atoms with Crippen LogP contribution in [0.15, 0.2) is 104 Å². The molecule has 0 aromatic heterocycles. The Morgan fingerprint density at radius 1 is 0.975 bits per heavy atom. The van der Waals surface area contributed by atoms with Gasteiger partial charge in [0.05, 0.1) is 24.9 Å². The zero-order chi connectivity index (χ0) is 28.2. The summed E-state index contributed by atoms with van der Waals surface area (Å²) < 4.78 is 12.2. The van der Waals surface area contributed by atoms with Crippen molar-refractivity contribution in [1.29, 1.82) is 0 Å². The molecule has 1 aliphatic rings. The van der Waals surface area contributed by atoms with Crippen LogP contribution < -0.4 is 15.4 Å². The first-order valence-electron chi connectivity index (χ1n) is 14.0. The van der Waals surface area contributed by atoms with Gasteiger partial charge in [0.1, 0.15) is 11.5 Å². The van der Waals surface area contributed by atoms with Gasteiger partial charge in [-0.3, -0.25) is 4.79 Å². The van der Waals surface area contributed by atoms with Crippen molar-refractivity contribution in [2.75, 3.05) is 13.2 Å². The topological polar surface area (TPSA) is 79.8 Å². The Kier molecular flexibility index (Phi) is 11.1. The number of hydrogen-bond acceptors (Lipinski definition) is 5. The zero-order valence-corrected chi connectivity index (χ0v) is 23.0. The van der Waals surface area contributed by atoms with E-state index in [1.807, 2.05) is 78.9 Å². The van der Waals surface area contributed by atoms with Crippen LogP contribution in [0.1, 0.15) is 54.5 Å². The number of carbonyl (C=O) groups excluding carboxylic acids is 1. The molecule has 0 aliphatic heterocycles. The lowest BCUT2D eigenvalue weighted by Gasteiger charge is -2.26. The molecule has 0 heterocycles. The number of aliphatic hydroxyl groups excluding tert-OH is 1. The Bertz CT molecular complexity index is 1230. The van der Waals surface area contributed by atoms with E-state index < -0.39 is 12.1 Å². The highest BCUT2D eigenvalue weighted by Gasteiger charge is 2.33. The van der Waals surface area contributed by atoms with Gasteiger partial charge >= 0.3 is 0 Å². The molecule has 1 aliphatic carbocycles. The van der Waals surface area contributed by atoms with E-state index in [0.29, 0.717) is 26.0 Å². The van der Waals surface area contributed by atoms with Crippen molar-refractivity contribution >= 4 is 5.91 Å². The summed E-state index contributed by atoms with van der Waals surface area (Å²) in [5, 5.41) is 17.9. The van der Waals surface area contributed by atoms with Crippen molar-refractivity contribution in [2.45, 2.75) is 56.4 Å². The molecule has 3 aromatic rings. The van der Waals surface area contributed by atoms with Crippen LogP contribution in [0.3, 0.4) is 0 Å². The molecule has 1 amide bonds. The standard InChI is InChI=1S/C34H40N2O4/c1-3-5-8-17-34(38)36-31(21-25-13-9-6-10-14-25)32(37)24-35-30-23-33(39-20-4-2)28-19-18-27(22-29(28)30)40-26-15-11-7-12-16-26/h3-4,6-7,9-16,18-19,22,30-33,35,37H,1-2,5,8,17,20-21,23-24H2,(H,36,38)/t30?,31-,32+,33?/m0/s1. The molecule has 0 radical (unpaired) electrons. The SMILES string of the molecule is C=CCCCC(=O)N[C@@H](Cc1ccccc1)[C@H](O)CNC1CC(OCC=C)c2ccc(Oc3ccccc3)cc21. The molecule has 3 N–H and O–H groups in total. The lowest BCUT2D eigenvalue weighted by Crippen LogP contribution is -2.49. The van der Waals surface area contributed by atoms with Gasteiger partial charge in [0, 0.05) is 19.0 Å². The highest BCUT2D eigenvalue weighted by molar-refractivity contribution is 5.76. The van der Waals surface area contributed by atoms with Gasteiger partial charge in [0.25, 0.3) is 0 Å². The Morgan fingerprint density at radius 3 is 2.45 bits per heavy atom. The van der Waals surface area contributed by atoms with Crippen molar-refractivity contribution in [3.05, 3.63) is 121 Å². The number of benzene rings is 3. The number of carbonyl (C=O) groups is 1. The number of ether oxygens (including phenoxy) is 2. The van der Waals surface area contributed by atoms with E-state index in [1.165, 1.54) is 0 Å². The van der Waals surface area contributed by atoms with Crippen LogP contribution in [0.5, 0.6) is 11.5 Å². The Balaban J connectivity index is 1.46. The summed E-state index contributed by atoms with van der Waals surface area (Å²) in [5.74, 6) is 1.46. The average Bonchev–Trinajstić information content (AvgIpc) is 3.32. The van der Waals surface area contributed by atoms with E-state index >= 15 is 0 Å². The third-order valence-corrected chi connectivity index (χ3v) is 7.12. The molecular formula is C34H40N2O4. The Labute approximate surface area is 237 Å². The fourth-order valence-electron chi connectivity index (χ4n) is 5.08. The maximum Gasteiger partial charge on any atom is 0.220 e. The number of rotatable bonds is 16. The van der Waals surface area contributed by atoms with Gasteiger partial charge in [-0.25, -0.2) is 0 Å². The monoisotopic (exact) mass is 540 g/mol. The normalized spacial score (nSPS) is 17.4. The maximum atomic E-state index is 12.7. The molecule has 210 valence electrons. The highest BCUT2D eigenvalue weighted by atomic mass is 16.5. The quantitative estimate of drug-likeness (QED) is 0.149. The minimum atomic E-state index is -0.788. The Hall–Kier alpha value is -3.71. The molecule has 4 rings (SSSR count). The van der Waals surface area contributed by atoms with Crippen LogP contribution in [0.2, 0.25) is 0 Å². The second kappa shape index (κ2) is 15.2. The first kappa shape index (κ1) is 29.3. The summed E-state index contributed by atoms with van der Waals surface area (Å²) in [6.45, 7) is 8.28. The summed E-state index contributed by atoms with van der Waals surface area (Å²) in [6.07, 6.45) is 5.88.